The predicted molar refractivity (Wildman–Crippen MR) is 123 cm³/mol. The minimum Gasteiger partial charge on any atom is -0.376 e. The summed E-state index contributed by atoms with van der Waals surface area (Å²) in [5.41, 5.74) is 0. The van der Waals surface area contributed by atoms with E-state index in [1.54, 1.807) is 0 Å². The Morgan fingerprint density at radius 3 is 1.13 bits per heavy atom. The van der Waals surface area contributed by atoms with Gasteiger partial charge in [0.05, 0.1) is 19.6 Å². The molecule has 1 aliphatic carbocycles. The van der Waals surface area contributed by atoms with E-state index in [1.807, 2.05) is 13.8 Å². The molecule has 0 aromatic rings. The van der Waals surface area contributed by atoms with Crippen molar-refractivity contribution in [1.29, 1.82) is 0 Å². The molecule has 0 spiro atoms. The van der Waals surface area contributed by atoms with Crippen LogP contribution in [0.4, 0.5) is 0 Å². The SMILES string of the molecule is CCC(SC1=CC(=O)C(SC(CC)[Si](OC)(OC)OC)=CC1=O)[Si](OC)(OC)OC. The summed E-state index contributed by atoms with van der Waals surface area (Å²) in [4.78, 5) is 25.9. The number of ketones is 2. The van der Waals surface area contributed by atoms with Crippen molar-refractivity contribution in [1.82, 2.24) is 0 Å². The van der Waals surface area contributed by atoms with Crippen LogP contribution in [-0.4, -0.2) is 81.6 Å². The second kappa shape index (κ2) is 12.7. The van der Waals surface area contributed by atoms with Crippen LogP contribution >= 0.6 is 23.5 Å². The second-order valence-electron chi connectivity index (χ2n) is 6.21. The first-order valence-corrected chi connectivity index (χ1v) is 14.8. The van der Waals surface area contributed by atoms with E-state index < -0.39 is 17.6 Å². The highest BCUT2D eigenvalue weighted by Crippen LogP contribution is 2.38. The molecule has 0 aromatic heterocycles. The zero-order valence-electron chi connectivity index (χ0n) is 18.8. The Balaban J connectivity index is 3.07. The van der Waals surface area contributed by atoms with Crippen molar-refractivity contribution in [2.45, 2.75) is 36.4 Å². The second-order valence-corrected chi connectivity index (χ2v) is 15.8. The average Bonchev–Trinajstić information content (AvgIpc) is 2.77. The highest BCUT2D eigenvalue weighted by molar-refractivity contribution is 8.07. The van der Waals surface area contributed by atoms with Gasteiger partial charge in [-0.15, -0.1) is 23.5 Å². The van der Waals surface area contributed by atoms with E-state index in [-0.39, 0.29) is 21.3 Å². The Kier molecular flexibility index (Phi) is 11.7. The number of rotatable bonds is 14. The van der Waals surface area contributed by atoms with Crippen molar-refractivity contribution in [2.24, 2.45) is 0 Å². The Bertz CT molecular complexity index is 590. The third-order valence-corrected chi connectivity index (χ3v) is 15.4. The fraction of sp³-hybridized carbons (Fsp3) is 0.667. The summed E-state index contributed by atoms with van der Waals surface area (Å²) >= 11 is 2.52. The smallest absolute Gasteiger partial charge is 0.376 e. The molecule has 0 radical (unpaired) electrons. The normalized spacial score (nSPS) is 17.6. The van der Waals surface area contributed by atoms with Crippen LogP contribution < -0.4 is 0 Å². The van der Waals surface area contributed by atoms with Crippen LogP contribution in [0.25, 0.3) is 0 Å². The summed E-state index contributed by atoms with van der Waals surface area (Å²) in [6.07, 6.45) is 4.05. The van der Waals surface area contributed by atoms with Crippen LogP contribution in [0.3, 0.4) is 0 Å². The fourth-order valence-corrected chi connectivity index (χ4v) is 12.0. The van der Waals surface area contributed by atoms with Crippen molar-refractivity contribution in [3.8, 4) is 0 Å². The topological polar surface area (TPSA) is 89.5 Å². The summed E-state index contributed by atoms with van der Waals surface area (Å²) in [5, 5.41) is 0. The molecular weight excluding hydrogens is 464 g/mol. The van der Waals surface area contributed by atoms with Crippen molar-refractivity contribution >= 4 is 52.7 Å². The van der Waals surface area contributed by atoms with Crippen molar-refractivity contribution in [2.75, 3.05) is 42.7 Å². The van der Waals surface area contributed by atoms with Crippen LogP contribution in [0.15, 0.2) is 22.0 Å². The number of allylic oxidation sites excluding steroid dienone is 4. The number of carbonyl (C=O) groups is 2. The Hall–Kier alpha value is -0.286. The molecule has 0 bridgehead atoms. The van der Waals surface area contributed by atoms with E-state index in [0.29, 0.717) is 22.7 Å². The van der Waals surface area contributed by atoms with Crippen molar-refractivity contribution in [3.05, 3.63) is 22.0 Å². The summed E-state index contributed by atoms with van der Waals surface area (Å²) in [6.45, 7) is 3.92. The Morgan fingerprint density at radius 2 is 0.933 bits per heavy atom. The van der Waals surface area contributed by atoms with E-state index in [4.69, 9.17) is 26.6 Å². The molecule has 2 atom stereocenters. The molecule has 30 heavy (non-hydrogen) atoms. The molecule has 0 saturated heterocycles. The van der Waals surface area contributed by atoms with Crippen LogP contribution in [0.2, 0.25) is 0 Å². The molecule has 0 amide bonds. The Labute approximate surface area is 189 Å². The maximum absolute atomic E-state index is 12.8. The number of hydrogen-bond donors (Lipinski definition) is 0. The van der Waals surface area contributed by atoms with Gasteiger partial charge in [-0.2, -0.15) is 0 Å². The lowest BCUT2D eigenvalue weighted by molar-refractivity contribution is -0.114. The summed E-state index contributed by atoms with van der Waals surface area (Å²) in [7, 11) is 3.21. The number of thioether (sulfide) groups is 2. The fourth-order valence-electron chi connectivity index (χ4n) is 3.11. The lowest BCUT2D eigenvalue weighted by atomic mass is 10.2. The lowest BCUT2D eigenvalue weighted by Gasteiger charge is -2.32. The monoisotopic (exact) mass is 496 g/mol. The van der Waals surface area contributed by atoms with Crippen LogP contribution in [0.1, 0.15) is 26.7 Å². The summed E-state index contributed by atoms with van der Waals surface area (Å²) in [6, 6.07) is 0. The molecule has 2 unspecified atom stereocenters. The third-order valence-electron chi connectivity index (χ3n) is 4.79. The van der Waals surface area contributed by atoms with Gasteiger partial charge < -0.3 is 26.6 Å². The minimum absolute atomic E-state index is 0.220. The minimum atomic E-state index is -2.98. The molecule has 0 aliphatic heterocycles. The van der Waals surface area contributed by atoms with Gasteiger partial charge in [0, 0.05) is 54.8 Å². The molecule has 0 aromatic carbocycles. The molecule has 1 aliphatic rings. The van der Waals surface area contributed by atoms with E-state index in [2.05, 4.69) is 0 Å². The zero-order chi connectivity index (χ0) is 22.9. The van der Waals surface area contributed by atoms with Gasteiger partial charge in [0.15, 0.2) is 11.6 Å². The van der Waals surface area contributed by atoms with Gasteiger partial charge in [0.25, 0.3) is 0 Å². The quantitative estimate of drug-likeness (QED) is 0.264. The van der Waals surface area contributed by atoms with Gasteiger partial charge in [-0.3, -0.25) is 9.59 Å². The Morgan fingerprint density at radius 1 is 0.667 bits per heavy atom. The molecule has 172 valence electrons. The first-order valence-electron chi connectivity index (χ1n) is 9.42. The molecule has 8 nitrogen and oxygen atoms in total. The van der Waals surface area contributed by atoms with Gasteiger partial charge >= 0.3 is 17.6 Å². The van der Waals surface area contributed by atoms with Gasteiger partial charge in [0.2, 0.25) is 0 Å². The first kappa shape index (κ1) is 27.7. The van der Waals surface area contributed by atoms with E-state index in [0.717, 1.165) is 0 Å². The molecule has 0 heterocycles. The molecule has 12 heteroatoms. The van der Waals surface area contributed by atoms with E-state index in [9.17, 15) is 9.59 Å². The molecule has 1 rings (SSSR count). The molecular formula is C18H32O8S2Si2. The van der Waals surface area contributed by atoms with Gasteiger partial charge in [-0.25, -0.2) is 0 Å². The van der Waals surface area contributed by atoms with E-state index in [1.165, 1.54) is 78.3 Å². The van der Waals surface area contributed by atoms with Gasteiger partial charge in [-0.1, -0.05) is 13.8 Å². The first-order chi connectivity index (χ1) is 14.3. The zero-order valence-corrected chi connectivity index (χ0v) is 22.4. The van der Waals surface area contributed by atoms with Crippen molar-refractivity contribution in [3.63, 3.8) is 0 Å². The lowest BCUT2D eigenvalue weighted by Crippen LogP contribution is -2.53. The maximum Gasteiger partial charge on any atom is 0.514 e. The maximum atomic E-state index is 12.8. The largest absolute Gasteiger partial charge is 0.514 e. The summed E-state index contributed by atoms with van der Waals surface area (Å²) < 4.78 is 33.3. The van der Waals surface area contributed by atoms with Crippen LogP contribution in [0, 0.1) is 0 Å². The van der Waals surface area contributed by atoms with Crippen LogP contribution in [-0.2, 0) is 36.1 Å². The predicted octanol–water partition coefficient (Wildman–Crippen LogP) is 2.76. The third kappa shape index (κ3) is 5.94. The van der Waals surface area contributed by atoms with E-state index >= 15 is 0 Å². The summed E-state index contributed by atoms with van der Waals surface area (Å²) in [5.74, 6) is -0.470. The van der Waals surface area contributed by atoms with Crippen molar-refractivity contribution < 1.29 is 36.1 Å². The number of carbonyl (C=O) groups excluding carboxylic acids is 2. The average molecular weight is 497 g/mol. The molecule has 0 saturated carbocycles. The number of hydrogen-bond acceptors (Lipinski definition) is 10. The van der Waals surface area contributed by atoms with Gasteiger partial charge in [-0.05, 0) is 12.8 Å². The highest BCUT2D eigenvalue weighted by Gasteiger charge is 2.49. The molecule has 0 N–H and O–H groups in total. The molecule has 0 fully saturated rings. The van der Waals surface area contributed by atoms with Crippen LogP contribution in [0.5, 0.6) is 0 Å². The van der Waals surface area contributed by atoms with Gasteiger partial charge in [0.1, 0.15) is 0 Å². The standard InChI is InChI=1S/C18H32O8S2Si2/c1-9-17(29(21-3,22-4)23-5)27-15-11-14(20)16(12-13(15)19)28-18(10-2)30(24-6,25-7)26-8/h11-12,17-18H,9-10H2,1-8H3. The highest BCUT2D eigenvalue weighted by atomic mass is 32.2.